The van der Waals surface area contributed by atoms with E-state index in [1.807, 2.05) is 26.0 Å². The molecule has 7 rings (SSSR count). The molecule has 28 nitrogen and oxygen atoms in total. The molecule has 534 valence electrons. The van der Waals surface area contributed by atoms with Gasteiger partial charge < -0.3 is 83.7 Å². The third-order valence-corrected chi connectivity index (χ3v) is 19.3. The molecule has 0 aromatic carbocycles. The second kappa shape index (κ2) is 34.7. The fourth-order valence-corrected chi connectivity index (χ4v) is 14.2. The second-order valence-corrected chi connectivity index (χ2v) is 28.5. The minimum absolute atomic E-state index is 0.0125. The predicted molar refractivity (Wildman–Crippen MR) is 333 cm³/mol. The Labute approximate surface area is 550 Å². The quantitative estimate of drug-likeness (QED) is 0.0205. The van der Waals surface area contributed by atoms with Crippen molar-refractivity contribution in [2.24, 2.45) is 17.8 Å². The fraction of sp³-hybridized carbons (Fsp3) is 0.766. The van der Waals surface area contributed by atoms with Crippen LogP contribution < -0.4 is 5.32 Å². The number of aliphatic hydroxyl groups excluding tert-OH is 7. The largest absolute Gasteiger partial charge is 0.461 e. The van der Waals surface area contributed by atoms with E-state index in [-0.39, 0.29) is 69.4 Å². The Kier molecular flexibility index (Phi) is 28.6. The standard InChI is InChI=1S/C64H99NO27S2/c1-38(14-10-12-28-82-55(73)16-9-7-8-15-54(72)65-35-44(66)32-48(68)59(92-94(79,80)81)50(70)37-85-93(76,77)78)36-83-61(75)49(69)33-46-19-20-53(71)64(88-46)34-39(2)30-52(89-64)40(3)17-18-45-22-26-63(87-45)27-23-51-60(91-63)56(74)43(6)58(86-51)47(67)31-42(5)57-41(4)21-25-62(90-57)24-11-13-29-84-62/h7,9-10,12,14,17-18,34,40-42,44-53,56-60,66-71,74H,6,8,11,13,15-16,19-33,35-37H2,1-5H3,(H,65,72)(H,76,77,78)(H,79,80,81). The van der Waals surface area contributed by atoms with Gasteiger partial charge in [0, 0.05) is 57.4 Å². The highest BCUT2D eigenvalue weighted by molar-refractivity contribution is 7.81. The second-order valence-electron chi connectivity index (χ2n) is 26.3. The Morgan fingerprint density at radius 2 is 1.60 bits per heavy atom. The van der Waals surface area contributed by atoms with E-state index in [1.165, 1.54) is 6.08 Å². The molecule has 0 radical (unpaired) electrons. The van der Waals surface area contributed by atoms with Crippen molar-refractivity contribution in [2.75, 3.05) is 33.0 Å². The normalized spacial score (nSPS) is 33.8. The van der Waals surface area contributed by atoms with Gasteiger partial charge in [-0.25, -0.2) is 13.2 Å². The topological polar surface area (TPSA) is 415 Å². The van der Waals surface area contributed by atoms with Gasteiger partial charge in [-0.2, -0.15) is 16.8 Å². The van der Waals surface area contributed by atoms with Crippen LogP contribution in [0.3, 0.4) is 0 Å². The zero-order valence-electron chi connectivity index (χ0n) is 54.2. The van der Waals surface area contributed by atoms with Gasteiger partial charge in [-0.3, -0.25) is 18.7 Å². The summed E-state index contributed by atoms with van der Waals surface area (Å²) in [5.41, 5.74) is 1.94. The van der Waals surface area contributed by atoms with E-state index >= 15 is 0 Å². The van der Waals surface area contributed by atoms with Gasteiger partial charge in [0.15, 0.2) is 17.7 Å². The molecule has 21 unspecified atom stereocenters. The number of esters is 2. The molecule has 0 aromatic rings. The highest BCUT2D eigenvalue weighted by atomic mass is 32.3. The Hall–Kier alpha value is -3.97. The minimum Gasteiger partial charge on any atom is -0.461 e. The third-order valence-electron chi connectivity index (χ3n) is 18.4. The first kappa shape index (κ1) is 77.4. The number of aliphatic hydroxyl groups is 7. The first-order valence-electron chi connectivity index (χ1n) is 32.6. The van der Waals surface area contributed by atoms with Crippen LogP contribution in [-0.2, 0) is 86.2 Å². The predicted octanol–water partition coefficient (Wildman–Crippen LogP) is 3.65. The van der Waals surface area contributed by atoms with E-state index in [4.69, 9.17) is 51.7 Å². The highest BCUT2D eigenvalue weighted by Crippen LogP contribution is 2.48. The molecule has 3 spiro atoms. The summed E-state index contributed by atoms with van der Waals surface area (Å²) in [6.45, 7) is 12.9. The van der Waals surface area contributed by atoms with Gasteiger partial charge >= 0.3 is 32.7 Å². The number of amides is 1. The maximum Gasteiger partial charge on any atom is 0.397 e. The van der Waals surface area contributed by atoms with Crippen molar-refractivity contribution in [3.05, 3.63) is 71.9 Å². The van der Waals surface area contributed by atoms with Crippen molar-refractivity contribution >= 4 is 38.6 Å². The van der Waals surface area contributed by atoms with Crippen LogP contribution in [0.4, 0.5) is 0 Å². The molecule has 7 heterocycles. The number of nitrogens with one attached hydrogen (secondary N) is 1. The maximum absolute atomic E-state index is 13.0. The Bertz CT molecular complexity index is 2910. The van der Waals surface area contributed by atoms with Crippen molar-refractivity contribution in [3.63, 3.8) is 0 Å². The summed E-state index contributed by atoms with van der Waals surface area (Å²) in [4.78, 5) is 37.5. The number of rotatable bonds is 31. The number of allylic oxidation sites excluding steroid dienone is 3. The first-order chi connectivity index (χ1) is 44.3. The monoisotopic (exact) mass is 1380 g/mol. The van der Waals surface area contributed by atoms with Crippen LogP contribution in [0.25, 0.3) is 0 Å². The molecule has 6 fully saturated rings. The molecule has 7 aliphatic heterocycles. The highest BCUT2D eigenvalue weighted by Gasteiger charge is 2.55. The summed E-state index contributed by atoms with van der Waals surface area (Å²) in [5, 5.41) is 78.5. The summed E-state index contributed by atoms with van der Waals surface area (Å²) in [6, 6.07) is 0. The smallest absolute Gasteiger partial charge is 0.397 e. The summed E-state index contributed by atoms with van der Waals surface area (Å²) < 4.78 is 126. The van der Waals surface area contributed by atoms with Crippen LogP contribution in [0, 0.1) is 17.8 Å². The van der Waals surface area contributed by atoms with Crippen molar-refractivity contribution < 1.29 is 127 Å². The van der Waals surface area contributed by atoms with E-state index in [1.54, 1.807) is 37.3 Å². The molecule has 10 N–H and O–H groups in total. The number of hydrogen-bond donors (Lipinski definition) is 10. The molecule has 21 atom stereocenters. The van der Waals surface area contributed by atoms with Gasteiger partial charge in [-0.15, -0.1) is 0 Å². The van der Waals surface area contributed by atoms with E-state index < -0.39 is 155 Å². The SMILES string of the molecule is C=C1C(O)C2OC3(CCC(C=CC(C)C4CC(C)=CC5(OC(CC(O)C(=O)OCC(C)=CC=CCOC(=O)CC=CCCC(=O)NCC(O)CC(O)C(OS(=O)(=O)O)C(O)COS(=O)(=O)O)CCC5O)O4)O3)CCC2OC1C(O)CC(C)C1OC2(CCCCO2)CCC1C. The van der Waals surface area contributed by atoms with Gasteiger partial charge in [-0.05, 0) is 113 Å². The lowest BCUT2D eigenvalue weighted by Gasteiger charge is -2.50. The van der Waals surface area contributed by atoms with E-state index in [2.05, 4.69) is 34.1 Å². The zero-order chi connectivity index (χ0) is 68.8. The number of fused-ring (bicyclic) bond motifs is 1. The molecule has 6 saturated heterocycles. The number of carbonyl (C=O) groups excluding carboxylic acids is 3. The van der Waals surface area contributed by atoms with Gasteiger partial charge in [0.25, 0.3) is 0 Å². The molecule has 0 aromatic heterocycles. The Balaban J connectivity index is 0.767. The molecule has 30 heteroatoms. The van der Waals surface area contributed by atoms with Crippen LogP contribution in [0.2, 0.25) is 0 Å². The average Bonchev–Trinajstić information content (AvgIpc) is 1.28. The van der Waals surface area contributed by atoms with Gasteiger partial charge in [-0.1, -0.05) is 69.4 Å². The van der Waals surface area contributed by atoms with Crippen LogP contribution in [0.15, 0.2) is 71.9 Å². The van der Waals surface area contributed by atoms with Crippen LogP contribution in [0.5, 0.6) is 0 Å². The van der Waals surface area contributed by atoms with Crippen LogP contribution in [0.1, 0.15) is 150 Å². The fourth-order valence-electron chi connectivity index (χ4n) is 13.3. The lowest BCUT2D eigenvalue weighted by Crippen LogP contribution is -2.60. The van der Waals surface area contributed by atoms with Gasteiger partial charge in [0.05, 0.1) is 68.5 Å². The lowest BCUT2D eigenvalue weighted by atomic mass is 9.79. The van der Waals surface area contributed by atoms with E-state index in [0.717, 1.165) is 37.7 Å². The number of hydrogen-bond acceptors (Lipinski definition) is 25. The summed E-state index contributed by atoms with van der Waals surface area (Å²) in [5.74, 6) is -4.82. The lowest BCUT2D eigenvalue weighted by molar-refractivity contribution is -0.320. The first-order valence-corrected chi connectivity index (χ1v) is 35.3. The van der Waals surface area contributed by atoms with Gasteiger partial charge in [0.1, 0.15) is 49.8 Å². The van der Waals surface area contributed by atoms with E-state index in [9.17, 15) is 67.0 Å². The number of ether oxygens (including phenoxy) is 9. The minimum atomic E-state index is -5.31. The van der Waals surface area contributed by atoms with Crippen LogP contribution >= 0.6 is 0 Å². The Morgan fingerprint density at radius 3 is 2.32 bits per heavy atom. The zero-order valence-corrected chi connectivity index (χ0v) is 55.8. The van der Waals surface area contributed by atoms with Gasteiger partial charge in [0.2, 0.25) is 11.7 Å². The molecular weight excluding hydrogens is 1280 g/mol. The Morgan fingerprint density at radius 1 is 0.851 bits per heavy atom. The van der Waals surface area contributed by atoms with Crippen molar-refractivity contribution in [3.8, 4) is 0 Å². The molecular formula is C64H99NO27S2. The molecule has 1 amide bonds. The van der Waals surface area contributed by atoms with Crippen LogP contribution in [-0.4, -0.2) is 221 Å². The summed E-state index contributed by atoms with van der Waals surface area (Å²) >= 11 is 0. The molecule has 94 heavy (non-hydrogen) atoms. The molecule has 0 saturated carbocycles. The van der Waals surface area contributed by atoms with Crippen molar-refractivity contribution in [1.29, 1.82) is 0 Å². The summed E-state index contributed by atoms with van der Waals surface area (Å²) in [7, 11) is -10.4. The third kappa shape index (κ3) is 22.8. The molecule has 0 aliphatic carbocycles. The van der Waals surface area contributed by atoms with E-state index in [0.29, 0.717) is 68.6 Å². The maximum atomic E-state index is 13.0. The number of carbonyl (C=O) groups is 3. The van der Waals surface area contributed by atoms with Crippen molar-refractivity contribution in [1.82, 2.24) is 5.32 Å². The average molecular weight is 1380 g/mol. The molecule has 0 bridgehead atoms. The molecule has 7 aliphatic rings. The van der Waals surface area contributed by atoms with Crippen molar-refractivity contribution in [2.45, 2.75) is 259 Å². The summed E-state index contributed by atoms with van der Waals surface area (Å²) in [6.07, 6.45) is 5.63.